The molecular formula is C54H57CoN16O12S2-. The molecule has 2 aliphatic carbocycles. The number of fused-ring (bicyclic) bond motifs is 3. The first-order chi connectivity index (χ1) is 39.7. The topological polar surface area (TPSA) is 439 Å². The van der Waals surface area contributed by atoms with E-state index in [0.29, 0.717) is 0 Å². The van der Waals surface area contributed by atoms with Gasteiger partial charge in [0.25, 0.3) is 0 Å². The number of aliphatic hydroxyl groups is 2. The van der Waals surface area contributed by atoms with E-state index in [1.165, 1.54) is 69.9 Å². The van der Waals surface area contributed by atoms with Crippen molar-refractivity contribution in [1.82, 2.24) is 9.97 Å². The molecule has 0 fully saturated rings. The smallest absolute Gasteiger partial charge is 0.319 e. The summed E-state index contributed by atoms with van der Waals surface area (Å²) in [6, 6.07) is 23.6. The molecule has 3 heterocycles. The summed E-state index contributed by atoms with van der Waals surface area (Å²) in [6.07, 6.45) is 15.4. The van der Waals surface area contributed by atoms with Gasteiger partial charge in [0, 0.05) is 105 Å². The number of ketones is 2. The van der Waals surface area contributed by atoms with Crippen LogP contribution in [0.15, 0.2) is 175 Å². The molecule has 0 saturated heterocycles. The SMILES string of the molecule is CCN(CC)c1ccc(/C=C/C2=[N+](C)c3ccc4ccccc4c3C2(C)C)c(OC)c1.N/C=N\N.N=CN=Nc1ccc(O)cc1O.O.O=C1C=CC(=NN=c2[n-]cc([N+](=O)[O-])s2)C(O)=C1.O=C1C=CC(=NN=c2[n-]cc([N+](=O)[O-])s2)C(O)=C1.[Co]. The summed E-state index contributed by atoms with van der Waals surface area (Å²) >= 11 is 1.51. The van der Waals surface area contributed by atoms with Gasteiger partial charge >= 0.3 is 10.0 Å². The molecule has 6 aromatic rings. The van der Waals surface area contributed by atoms with E-state index in [1.807, 2.05) is 0 Å². The van der Waals surface area contributed by atoms with E-state index in [2.05, 4.69) is 168 Å². The normalized spacial score (nSPS) is 15.1. The number of azo groups is 1. The number of nitrogens with zero attached hydrogens (tertiary/aromatic N) is 13. The first-order valence-corrected chi connectivity index (χ1v) is 26.0. The number of nitrogens with one attached hydrogen (secondary N) is 1. The summed E-state index contributed by atoms with van der Waals surface area (Å²) < 4.78 is 8.07. The molecule has 0 saturated carbocycles. The average molecular weight is 1250 g/mol. The summed E-state index contributed by atoms with van der Waals surface area (Å²) in [5, 5.41) is 90.7. The Kier molecular flexibility index (Phi) is 26.7. The second-order valence-corrected chi connectivity index (χ2v) is 19.2. The Labute approximate surface area is 502 Å². The molecule has 0 atom stereocenters. The van der Waals surface area contributed by atoms with Gasteiger partial charge in [-0.25, -0.2) is 0 Å². The zero-order chi connectivity index (χ0) is 60.8. The molecule has 0 spiro atoms. The van der Waals surface area contributed by atoms with Crippen molar-refractivity contribution in [2.45, 2.75) is 33.1 Å². The molecule has 85 heavy (non-hydrogen) atoms. The number of phenolic OH excluding ortho intramolecular Hbond substituents is 2. The van der Waals surface area contributed by atoms with Crippen LogP contribution in [0.5, 0.6) is 17.2 Å². The third kappa shape index (κ3) is 18.8. The molecule has 9 rings (SSSR count). The van der Waals surface area contributed by atoms with Gasteiger partial charge in [-0.1, -0.05) is 46.9 Å². The number of hydrogen-bond acceptors (Lipinski definition) is 22. The Morgan fingerprint density at radius 3 is 1.82 bits per heavy atom. The molecule has 0 unspecified atom stereocenters. The number of nitro groups is 2. The molecule has 1 radical (unpaired) electrons. The van der Waals surface area contributed by atoms with Crippen molar-refractivity contribution in [2.24, 2.45) is 47.3 Å². The number of carbonyl (C=O) groups is 2. The summed E-state index contributed by atoms with van der Waals surface area (Å²) in [7, 11) is 3.92. The number of phenols is 2. The van der Waals surface area contributed by atoms with Gasteiger partial charge in [-0.15, -0.1) is 10.2 Å². The van der Waals surface area contributed by atoms with E-state index in [4.69, 9.17) is 20.4 Å². The Bertz CT molecular complexity index is 3760. The van der Waals surface area contributed by atoms with Crippen molar-refractivity contribution in [3.8, 4) is 17.2 Å². The molecular weight excluding hydrogens is 1190 g/mol. The summed E-state index contributed by atoms with van der Waals surface area (Å²) in [5.41, 5.74) is 11.2. The van der Waals surface area contributed by atoms with Crippen LogP contribution in [-0.4, -0.2) is 109 Å². The number of benzene rings is 4. The van der Waals surface area contributed by atoms with Crippen LogP contribution in [0.3, 0.4) is 0 Å². The number of carbonyl (C=O) groups excluding carboxylic acids is 2. The number of hydrazone groups is 1. The maximum absolute atomic E-state index is 10.9. The molecule has 1 aliphatic heterocycles. The number of rotatable bonds is 12. The first-order valence-electron chi connectivity index (χ1n) is 24.3. The van der Waals surface area contributed by atoms with E-state index in [1.54, 1.807) is 7.11 Å². The number of anilines is 1. The summed E-state index contributed by atoms with van der Waals surface area (Å²) in [4.78, 5) is 51.3. The fourth-order valence-electron chi connectivity index (χ4n) is 7.82. The van der Waals surface area contributed by atoms with E-state index in [0.717, 1.165) is 90.4 Å². The summed E-state index contributed by atoms with van der Waals surface area (Å²) in [6.45, 7) is 11.0. The second-order valence-electron chi connectivity index (χ2n) is 17.2. The predicted octanol–water partition coefficient (Wildman–Crippen LogP) is 7.12. The maximum atomic E-state index is 10.9. The third-order valence-electron chi connectivity index (χ3n) is 11.6. The van der Waals surface area contributed by atoms with Gasteiger partial charge in [-0.05, 0) is 99.2 Å². The van der Waals surface area contributed by atoms with Gasteiger partial charge < -0.3 is 67.3 Å². The van der Waals surface area contributed by atoms with Crippen molar-refractivity contribution in [1.29, 1.82) is 5.41 Å². The molecule has 3 aliphatic rings. The molecule has 28 nitrogen and oxygen atoms in total. The number of aliphatic hydroxyl groups excluding tert-OH is 2. The average Bonchev–Trinajstić information content (AvgIpc) is 1.77. The quantitative estimate of drug-likeness (QED) is 0.00936. The summed E-state index contributed by atoms with van der Waals surface area (Å²) in [5.74, 6) is 3.85. The van der Waals surface area contributed by atoms with E-state index >= 15 is 0 Å². The number of methoxy groups -OCH3 is 1. The molecule has 31 heteroatoms. The zero-order valence-electron chi connectivity index (χ0n) is 46.0. The largest absolute Gasteiger partial charge is 0.508 e. The van der Waals surface area contributed by atoms with Crippen molar-refractivity contribution in [3.05, 3.63) is 180 Å². The molecule has 0 bridgehead atoms. The van der Waals surface area contributed by atoms with Crippen LogP contribution in [0.2, 0.25) is 0 Å². The Morgan fingerprint density at radius 2 is 1.35 bits per heavy atom. The Morgan fingerprint density at radius 1 is 0.800 bits per heavy atom. The minimum atomic E-state index is -0.583. The number of allylic oxidation sites excluding steroid dienone is 7. The van der Waals surface area contributed by atoms with Crippen LogP contribution in [0.4, 0.5) is 27.1 Å². The number of aromatic nitrogens is 2. The van der Waals surface area contributed by atoms with Crippen molar-refractivity contribution in [2.75, 3.05) is 32.1 Å². The Balaban J connectivity index is 0.000000304. The number of aromatic hydroxyl groups is 2. The molecule has 447 valence electrons. The predicted molar refractivity (Wildman–Crippen MR) is 321 cm³/mol. The van der Waals surface area contributed by atoms with Gasteiger partial charge in [0.1, 0.15) is 65.6 Å². The van der Waals surface area contributed by atoms with E-state index in [-0.39, 0.29) is 99.0 Å². The first kappa shape index (κ1) is 68.9. The monoisotopic (exact) mass is 1240 g/mol. The van der Waals surface area contributed by atoms with Crippen molar-refractivity contribution < 1.29 is 71.4 Å². The van der Waals surface area contributed by atoms with Crippen LogP contribution in [0.1, 0.15) is 38.8 Å². The van der Waals surface area contributed by atoms with E-state index in [9.17, 15) is 40.0 Å². The molecule has 2 aromatic heterocycles. The van der Waals surface area contributed by atoms with Gasteiger partial charge in [0.15, 0.2) is 17.3 Å². The maximum Gasteiger partial charge on any atom is 0.319 e. The van der Waals surface area contributed by atoms with Gasteiger partial charge in [0.2, 0.25) is 5.69 Å². The molecule has 11 N–H and O–H groups in total. The minimum Gasteiger partial charge on any atom is -0.508 e. The van der Waals surface area contributed by atoms with Crippen molar-refractivity contribution in [3.63, 3.8) is 0 Å². The van der Waals surface area contributed by atoms with E-state index < -0.39 is 9.85 Å². The fourth-order valence-corrected chi connectivity index (χ4v) is 8.92. The van der Waals surface area contributed by atoms with Gasteiger partial charge in [-0.2, -0.15) is 9.68 Å². The van der Waals surface area contributed by atoms with Gasteiger partial charge in [-0.3, -0.25) is 45.4 Å². The minimum absolute atomic E-state index is 0. The van der Waals surface area contributed by atoms with Crippen LogP contribution in [0.25, 0.3) is 16.8 Å². The van der Waals surface area contributed by atoms with Crippen LogP contribution < -0.4 is 40.8 Å². The molecule has 0 amide bonds. The number of nitrogens with two attached hydrogens (primary N) is 2. The number of hydrogen-bond donors (Lipinski definition) is 7. The van der Waals surface area contributed by atoms with Crippen LogP contribution in [-0.2, 0) is 31.8 Å². The van der Waals surface area contributed by atoms with Gasteiger partial charge in [0.05, 0.1) is 22.4 Å². The molecule has 4 aromatic carbocycles. The van der Waals surface area contributed by atoms with Crippen molar-refractivity contribution >= 4 is 108 Å². The van der Waals surface area contributed by atoms with Crippen LogP contribution >= 0.6 is 22.7 Å². The second kappa shape index (κ2) is 32.9. The number of thiazole rings is 2. The third-order valence-corrected chi connectivity index (χ3v) is 13.3. The fraction of sp³-hybridized carbons (Fsp3) is 0.167. The zero-order valence-corrected chi connectivity index (χ0v) is 48.7. The van der Waals surface area contributed by atoms with Crippen LogP contribution in [0, 0.1) is 25.6 Å². The number of ether oxygens (including phenoxy) is 1. The standard InChI is InChI=1S/C28H33N2O.2C9H6N4O4S.C7H7N3O2.CH5N3.Co.H2O/c1-7-30(8-2)22-16-13-21(25(19-22)31-6)15-18-26-28(3,4)27-23-12-10-9-11-20(23)14-17-24(27)29(26)5;2*14-5-1-2-6(7(15)3-5)11-12-9-10-4-8(18-9)13(16)17;8-4-9-10-6-2-1-5(11)3-7(6)12;2-1-4-3;;/h9-19H,7-8H2,1-6H3;2*1-4H,(H2,10,12,14,15);1-4,8,11-12H;1H,3H2,(H2,2,4);;1H2/q+1;;;;;;/p-2. The Hall–Kier alpha value is -10.3.